The number of nitrogens with one attached hydrogen (secondary N) is 1. The highest BCUT2D eigenvalue weighted by Crippen LogP contribution is 2.18. The molecule has 0 bridgehead atoms. The quantitative estimate of drug-likeness (QED) is 0.765. The first-order valence-corrected chi connectivity index (χ1v) is 7.89. The standard InChI is InChI=1S/C18H20FNO5/c1-3-13(25-14-6-4-5-12(19)7-14)9-20-18(23)17-11(2)10-24-15(17)8-16(21)22/h4-7,10,13H,3,8-9H2,1-2H3,(H,20,23)(H,21,22). The average molecular weight is 349 g/mol. The van der Waals surface area contributed by atoms with Crippen LogP contribution in [0, 0.1) is 12.7 Å². The summed E-state index contributed by atoms with van der Waals surface area (Å²) in [6, 6.07) is 5.78. The van der Waals surface area contributed by atoms with Gasteiger partial charge in [0.05, 0.1) is 18.4 Å². The van der Waals surface area contributed by atoms with Crippen molar-refractivity contribution in [3.8, 4) is 5.75 Å². The van der Waals surface area contributed by atoms with E-state index in [4.69, 9.17) is 14.3 Å². The number of hydrogen-bond donors (Lipinski definition) is 2. The minimum Gasteiger partial charge on any atom is -0.489 e. The van der Waals surface area contributed by atoms with Gasteiger partial charge >= 0.3 is 5.97 Å². The van der Waals surface area contributed by atoms with E-state index in [0.717, 1.165) is 0 Å². The lowest BCUT2D eigenvalue weighted by molar-refractivity contribution is -0.136. The SMILES string of the molecule is CCC(CNC(=O)c1c(C)coc1CC(=O)O)Oc1cccc(F)c1. The predicted octanol–water partition coefficient (Wildman–Crippen LogP) is 2.94. The first-order chi connectivity index (χ1) is 11.9. The van der Waals surface area contributed by atoms with Crippen LogP contribution in [0.3, 0.4) is 0 Å². The molecule has 1 unspecified atom stereocenters. The maximum atomic E-state index is 13.2. The van der Waals surface area contributed by atoms with Crippen LogP contribution in [-0.4, -0.2) is 29.6 Å². The van der Waals surface area contributed by atoms with E-state index < -0.39 is 17.7 Å². The van der Waals surface area contributed by atoms with E-state index in [1.165, 1.54) is 18.4 Å². The van der Waals surface area contributed by atoms with Crippen LogP contribution >= 0.6 is 0 Å². The fraction of sp³-hybridized carbons (Fsp3) is 0.333. The number of carbonyl (C=O) groups excluding carboxylic acids is 1. The Kier molecular flexibility index (Phi) is 6.16. The molecule has 2 rings (SSSR count). The largest absolute Gasteiger partial charge is 0.489 e. The molecule has 0 spiro atoms. The third kappa shape index (κ3) is 5.07. The first kappa shape index (κ1) is 18.5. The Bertz CT molecular complexity index is 756. The van der Waals surface area contributed by atoms with Crippen LogP contribution in [0.5, 0.6) is 5.75 Å². The zero-order valence-electron chi connectivity index (χ0n) is 14.0. The Morgan fingerprint density at radius 3 is 2.80 bits per heavy atom. The summed E-state index contributed by atoms with van der Waals surface area (Å²) in [5.41, 5.74) is 0.788. The fourth-order valence-corrected chi connectivity index (χ4v) is 2.37. The number of benzene rings is 1. The third-order valence-corrected chi connectivity index (χ3v) is 3.63. The zero-order chi connectivity index (χ0) is 18.4. The molecule has 25 heavy (non-hydrogen) atoms. The van der Waals surface area contributed by atoms with Crippen molar-refractivity contribution in [1.29, 1.82) is 0 Å². The van der Waals surface area contributed by atoms with Crippen molar-refractivity contribution in [2.75, 3.05) is 6.54 Å². The molecule has 1 aromatic heterocycles. The van der Waals surface area contributed by atoms with Crippen LogP contribution in [0.15, 0.2) is 34.9 Å². The number of ether oxygens (including phenoxy) is 1. The van der Waals surface area contributed by atoms with E-state index in [0.29, 0.717) is 17.7 Å². The third-order valence-electron chi connectivity index (χ3n) is 3.63. The van der Waals surface area contributed by atoms with Gasteiger partial charge in [-0.2, -0.15) is 0 Å². The van der Waals surface area contributed by atoms with Crippen LogP contribution in [0.4, 0.5) is 4.39 Å². The van der Waals surface area contributed by atoms with E-state index in [1.807, 2.05) is 6.92 Å². The van der Waals surface area contributed by atoms with Crippen molar-refractivity contribution in [1.82, 2.24) is 5.32 Å². The molecule has 1 amide bonds. The van der Waals surface area contributed by atoms with Crippen molar-refractivity contribution in [2.24, 2.45) is 0 Å². The van der Waals surface area contributed by atoms with Crippen molar-refractivity contribution in [3.63, 3.8) is 0 Å². The molecule has 0 saturated heterocycles. The molecule has 0 aliphatic heterocycles. The van der Waals surface area contributed by atoms with Gasteiger partial charge in [0.2, 0.25) is 0 Å². The Morgan fingerprint density at radius 1 is 1.40 bits per heavy atom. The number of rotatable bonds is 8. The lowest BCUT2D eigenvalue weighted by Gasteiger charge is -2.18. The Hall–Kier alpha value is -2.83. The van der Waals surface area contributed by atoms with E-state index >= 15 is 0 Å². The molecule has 0 aliphatic carbocycles. The molecular weight excluding hydrogens is 329 g/mol. The van der Waals surface area contributed by atoms with Crippen LogP contribution < -0.4 is 10.1 Å². The molecule has 1 aromatic carbocycles. The molecule has 0 radical (unpaired) electrons. The van der Waals surface area contributed by atoms with Gasteiger partial charge in [0.1, 0.15) is 29.9 Å². The van der Waals surface area contributed by atoms with E-state index in [1.54, 1.807) is 19.1 Å². The Balaban J connectivity index is 2.00. The molecule has 2 aromatic rings. The molecule has 1 atom stereocenters. The van der Waals surface area contributed by atoms with E-state index in [2.05, 4.69) is 5.32 Å². The minimum atomic E-state index is -1.08. The number of hydrogen-bond acceptors (Lipinski definition) is 4. The van der Waals surface area contributed by atoms with E-state index in [-0.39, 0.29) is 30.4 Å². The number of carbonyl (C=O) groups is 2. The minimum absolute atomic E-state index is 0.113. The number of carboxylic acids is 1. The number of amides is 1. The number of halogens is 1. The summed E-state index contributed by atoms with van der Waals surface area (Å²) in [5, 5.41) is 11.6. The molecule has 134 valence electrons. The summed E-state index contributed by atoms with van der Waals surface area (Å²) in [5.74, 6) is -1.41. The van der Waals surface area contributed by atoms with Crippen molar-refractivity contribution in [2.45, 2.75) is 32.8 Å². The van der Waals surface area contributed by atoms with Gasteiger partial charge in [0.25, 0.3) is 5.91 Å². The second-order valence-corrected chi connectivity index (χ2v) is 5.60. The van der Waals surface area contributed by atoms with Crippen LogP contribution in [0.1, 0.15) is 35.0 Å². The lowest BCUT2D eigenvalue weighted by Crippen LogP contribution is -2.35. The topological polar surface area (TPSA) is 88.8 Å². The van der Waals surface area contributed by atoms with Crippen LogP contribution in [-0.2, 0) is 11.2 Å². The van der Waals surface area contributed by atoms with Crippen molar-refractivity contribution in [3.05, 3.63) is 53.2 Å². The van der Waals surface area contributed by atoms with Gasteiger partial charge in [0, 0.05) is 11.6 Å². The summed E-state index contributed by atoms with van der Waals surface area (Å²) in [7, 11) is 0. The summed E-state index contributed by atoms with van der Waals surface area (Å²) in [6.07, 6.45) is 1.24. The van der Waals surface area contributed by atoms with Gasteiger partial charge < -0.3 is 19.6 Å². The zero-order valence-corrected chi connectivity index (χ0v) is 14.0. The number of furan rings is 1. The fourth-order valence-electron chi connectivity index (χ4n) is 2.37. The molecule has 0 fully saturated rings. The van der Waals surface area contributed by atoms with Crippen molar-refractivity contribution >= 4 is 11.9 Å². The Morgan fingerprint density at radius 2 is 2.16 bits per heavy atom. The molecule has 2 N–H and O–H groups in total. The lowest BCUT2D eigenvalue weighted by atomic mass is 10.1. The van der Waals surface area contributed by atoms with Crippen LogP contribution in [0.25, 0.3) is 0 Å². The molecule has 0 saturated carbocycles. The monoisotopic (exact) mass is 349 g/mol. The highest BCUT2D eigenvalue weighted by Gasteiger charge is 2.21. The molecule has 1 heterocycles. The second kappa shape index (κ2) is 8.32. The number of aryl methyl sites for hydroxylation is 1. The summed E-state index contributed by atoms with van der Waals surface area (Å²) in [4.78, 5) is 23.2. The predicted molar refractivity (Wildman–Crippen MR) is 88.2 cm³/mol. The molecule has 6 nitrogen and oxygen atoms in total. The maximum absolute atomic E-state index is 13.2. The maximum Gasteiger partial charge on any atom is 0.311 e. The molecule has 7 heteroatoms. The summed E-state index contributed by atoms with van der Waals surface area (Å²) in [6.45, 7) is 3.75. The highest BCUT2D eigenvalue weighted by molar-refractivity contribution is 5.97. The summed E-state index contributed by atoms with van der Waals surface area (Å²) >= 11 is 0. The average Bonchev–Trinajstić information content (AvgIpc) is 2.91. The Labute approximate surface area is 144 Å². The number of carboxylic acid groups (broad SMARTS) is 1. The van der Waals surface area contributed by atoms with Gasteiger partial charge in [-0.05, 0) is 25.5 Å². The van der Waals surface area contributed by atoms with Crippen LogP contribution in [0.2, 0.25) is 0 Å². The van der Waals surface area contributed by atoms with Crippen molar-refractivity contribution < 1.29 is 28.2 Å². The summed E-state index contributed by atoms with van der Waals surface area (Å²) < 4.78 is 24.0. The number of aliphatic carboxylic acids is 1. The normalized spacial score (nSPS) is 11.8. The molecular formula is C18H20FNO5. The van der Waals surface area contributed by atoms with Gasteiger partial charge in [-0.25, -0.2) is 4.39 Å². The van der Waals surface area contributed by atoms with Gasteiger partial charge in [-0.1, -0.05) is 13.0 Å². The van der Waals surface area contributed by atoms with Gasteiger partial charge in [-0.3, -0.25) is 9.59 Å². The highest BCUT2D eigenvalue weighted by atomic mass is 19.1. The molecule has 0 aliphatic rings. The second-order valence-electron chi connectivity index (χ2n) is 5.60. The van der Waals surface area contributed by atoms with Gasteiger partial charge in [-0.15, -0.1) is 0 Å². The van der Waals surface area contributed by atoms with Gasteiger partial charge in [0.15, 0.2) is 0 Å². The smallest absolute Gasteiger partial charge is 0.311 e. The first-order valence-electron chi connectivity index (χ1n) is 7.89. The van der Waals surface area contributed by atoms with E-state index in [9.17, 15) is 14.0 Å².